The topological polar surface area (TPSA) is 43.6 Å². The second-order valence-electron chi connectivity index (χ2n) is 17.5. The highest BCUT2D eigenvalue weighted by atomic mass is 32.1. The van der Waals surface area contributed by atoms with Crippen molar-refractivity contribution in [2.75, 3.05) is 0 Å². The summed E-state index contributed by atoms with van der Waals surface area (Å²) in [6.45, 7) is 0. The van der Waals surface area contributed by atoms with Crippen LogP contribution in [0.15, 0.2) is 231 Å². The summed E-state index contributed by atoms with van der Waals surface area (Å²) in [5.41, 5.74) is 11.1. The average molecular weight is 883 g/mol. The van der Waals surface area contributed by atoms with Crippen molar-refractivity contribution in [1.82, 2.24) is 19.5 Å². The van der Waals surface area contributed by atoms with Gasteiger partial charge in [-0.1, -0.05) is 176 Å². The minimum absolute atomic E-state index is 0.653. The molecule has 14 aromatic rings. The minimum Gasteiger partial charge on any atom is -0.309 e. The molecule has 0 atom stereocenters. The molecule has 0 unspecified atom stereocenters. The first-order valence-electron chi connectivity index (χ1n) is 23.0. The normalized spacial score (nSPS) is 11.8. The number of rotatable bonds is 6. The summed E-state index contributed by atoms with van der Waals surface area (Å²) >= 11 is 1.81. The van der Waals surface area contributed by atoms with Crippen LogP contribution >= 0.6 is 11.3 Å². The SMILES string of the molecule is c1ccc(-c2nc(-c3ccccc3)nc(-c3cccc4sc5ccc(-c6ccc7c(c6)c6cc(-c8cccc9c%10ccccc%10c%10ccccc%10c89)ccc6n7-c6ccccc6)cc5c34)n2)cc1. The van der Waals surface area contributed by atoms with Gasteiger partial charge in [0.15, 0.2) is 17.5 Å². The second-order valence-corrected chi connectivity index (χ2v) is 18.6. The molecule has 3 aromatic heterocycles. The number of para-hydroxylation sites is 1. The third kappa shape index (κ3) is 6.10. The number of thiophene rings is 1. The zero-order valence-electron chi connectivity index (χ0n) is 36.6. The van der Waals surface area contributed by atoms with Crippen molar-refractivity contribution in [1.29, 1.82) is 0 Å². The lowest BCUT2D eigenvalue weighted by atomic mass is 9.89. The van der Waals surface area contributed by atoms with Crippen LogP contribution in [0.2, 0.25) is 0 Å². The van der Waals surface area contributed by atoms with Crippen LogP contribution in [0.5, 0.6) is 0 Å². The van der Waals surface area contributed by atoms with Gasteiger partial charge in [-0.15, -0.1) is 11.3 Å². The molecule has 14 rings (SSSR count). The zero-order valence-corrected chi connectivity index (χ0v) is 37.5. The summed E-state index contributed by atoms with van der Waals surface area (Å²) in [6.07, 6.45) is 0. The first-order chi connectivity index (χ1) is 33.7. The maximum atomic E-state index is 5.16. The van der Waals surface area contributed by atoms with Gasteiger partial charge >= 0.3 is 0 Å². The molecule has 5 heteroatoms. The van der Waals surface area contributed by atoms with Crippen molar-refractivity contribution in [2.45, 2.75) is 0 Å². The van der Waals surface area contributed by atoms with E-state index in [1.54, 1.807) is 0 Å². The van der Waals surface area contributed by atoms with E-state index < -0.39 is 0 Å². The van der Waals surface area contributed by atoms with Crippen LogP contribution in [0.4, 0.5) is 0 Å². The van der Waals surface area contributed by atoms with Gasteiger partial charge in [0.1, 0.15) is 0 Å². The highest BCUT2D eigenvalue weighted by Gasteiger charge is 2.20. The molecule has 68 heavy (non-hydrogen) atoms. The molecule has 0 aliphatic rings. The molecule has 0 saturated heterocycles. The molecule has 0 amide bonds. The Hall–Kier alpha value is -8.77. The summed E-state index contributed by atoms with van der Waals surface area (Å²) in [6, 6.07) is 83.0. The highest BCUT2D eigenvalue weighted by molar-refractivity contribution is 7.26. The Labute approximate surface area is 395 Å². The van der Waals surface area contributed by atoms with Crippen LogP contribution in [-0.2, 0) is 0 Å². The van der Waals surface area contributed by atoms with Crippen LogP contribution in [-0.4, -0.2) is 19.5 Å². The van der Waals surface area contributed by atoms with E-state index in [-0.39, 0.29) is 0 Å². The Bertz CT molecular complexity index is 4200. The molecule has 0 aliphatic heterocycles. The zero-order chi connectivity index (χ0) is 44.7. The van der Waals surface area contributed by atoms with E-state index in [2.05, 4.69) is 199 Å². The summed E-state index contributed by atoms with van der Waals surface area (Å²) in [5, 5.41) is 12.4. The third-order valence-corrected chi connectivity index (χ3v) is 14.8. The Balaban J connectivity index is 0.965. The Morgan fingerprint density at radius 2 is 0.750 bits per heavy atom. The molecule has 316 valence electrons. The number of fused-ring (bicyclic) bond motifs is 12. The number of hydrogen-bond acceptors (Lipinski definition) is 4. The smallest absolute Gasteiger partial charge is 0.164 e. The molecule has 0 fully saturated rings. The Kier molecular flexibility index (Phi) is 8.73. The standard InChI is InChI=1S/C63H38N4S/c1-4-16-39(17-5-1)61-64-62(40-18-6-2-7-19-40)66-63(65-61)51-28-15-29-58-60(51)54-37-42(32-35-57(54)68-58)41-30-33-55-52(36-41)53-38-43(31-34-56(53)67(55)44-20-8-3-9-21-44)45-26-14-27-50-48-23-11-10-22-46(48)47-24-12-13-25-49(47)59(45)50/h1-38H. The van der Waals surface area contributed by atoms with Crippen molar-refractivity contribution in [3.05, 3.63) is 231 Å². The van der Waals surface area contributed by atoms with Crippen LogP contribution in [0.1, 0.15) is 0 Å². The molecular weight excluding hydrogens is 845 g/mol. The van der Waals surface area contributed by atoms with E-state index in [0.717, 1.165) is 38.9 Å². The quantitative estimate of drug-likeness (QED) is 0.156. The molecule has 11 aromatic carbocycles. The predicted molar refractivity (Wildman–Crippen MR) is 287 cm³/mol. The van der Waals surface area contributed by atoms with Gasteiger partial charge in [0.25, 0.3) is 0 Å². The van der Waals surface area contributed by atoms with Crippen LogP contribution in [0, 0.1) is 0 Å². The van der Waals surface area contributed by atoms with Gasteiger partial charge in [-0.3, -0.25) is 0 Å². The van der Waals surface area contributed by atoms with Crippen molar-refractivity contribution < 1.29 is 0 Å². The molecule has 0 radical (unpaired) electrons. The summed E-state index contributed by atoms with van der Waals surface area (Å²) in [5.74, 6) is 1.96. The fraction of sp³-hybridized carbons (Fsp3) is 0. The third-order valence-electron chi connectivity index (χ3n) is 13.6. The molecule has 0 spiro atoms. The van der Waals surface area contributed by atoms with Gasteiger partial charge in [0, 0.05) is 53.3 Å². The number of benzene rings is 11. The lowest BCUT2D eigenvalue weighted by Crippen LogP contribution is -2.00. The maximum Gasteiger partial charge on any atom is 0.164 e. The van der Waals surface area contributed by atoms with Gasteiger partial charge in [-0.2, -0.15) is 0 Å². The lowest BCUT2D eigenvalue weighted by Gasteiger charge is -2.14. The molecule has 0 N–H and O–H groups in total. The van der Waals surface area contributed by atoms with Gasteiger partial charge in [0.2, 0.25) is 0 Å². The minimum atomic E-state index is 0.653. The summed E-state index contributed by atoms with van der Waals surface area (Å²) < 4.78 is 4.83. The van der Waals surface area contributed by atoms with Crippen LogP contribution < -0.4 is 0 Å². The van der Waals surface area contributed by atoms with E-state index in [9.17, 15) is 0 Å². The van der Waals surface area contributed by atoms with E-state index >= 15 is 0 Å². The van der Waals surface area contributed by atoms with Gasteiger partial charge in [0.05, 0.1) is 11.0 Å². The fourth-order valence-corrected chi connectivity index (χ4v) is 11.7. The van der Waals surface area contributed by atoms with Gasteiger partial charge in [-0.25, -0.2) is 15.0 Å². The van der Waals surface area contributed by atoms with Crippen LogP contribution in [0.3, 0.4) is 0 Å². The second kappa shape index (κ2) is 15.4. The predicted octanol–water partition coefficient (Wildman–Crippen LogP) is 17.1. The van der Waals surface area contributed by atoms with E-state index in [0.29, 0.717) is 17.5 Å². The largest absolute Gasteiger partial charge is 0.309 e. The average Bonchev–Trinajstić information content (AvgIpc) is 3.96. The molecule has 0 saturated carbocycles. The monoisotopic (exact) mass is 882 g/mol. The number of aromatic nitrogens is 4. The maximum absolute atomic E-state index is 5.16. The van der Waals surface area contributed by atoms with E-state index in [4.69, 9.17) is 15.0 Å². The first kappa shape index (κ1) is 38.5. The number of hydrogen-bond donors (Lipinski definition) is 0. The molecule has 4 nitrogen and oxygen atoms in total. The molecule has 3 heterocycles. The number of nitrogens with zero attached hydrogens (tertiary/aromatic N) is 4. The van der Waals surface area contributed by atoms with E-state index in [1.165, 1.54) is 80.0 Å². The Morgan fingerprint density at radius 3 is 1.40 bits per heavy atom. The lowest BCUT2D eigenvalue weighted by molar-refractivity contribution is 1.08. The summed E-state index contributed by atoms with van der Waals surface area (Å²) in [7, 11) is 0. The highest BCUT2D eigenvalue weighted by Crippen LogP contribution is 2.45. The molecule has 0 aliphatic carbocycles. The van der Waals surface area contributed by atoms with Crippen molar-refractivity contribution in [3.8, 4) is 62.1 Å². The van der Waals surface area contributed by atoms with Crippen molar-refractivity contribution in [3.63, 3.8) is 0 Å². The Morgan fingerprint density at radius 1 is 0.279 bits per heavy atom. The van der Waals surface area contributed by atoms with Gasteiger partial charge in [-0.05, 0) is 109 Å². The van der Waals surface area contributed by atoms with Crippen molar-refractivity contribution in [2.24, 2.45) is 0 Å². The van der Waals surface area contributed by atoms with Crippen molar-refractivity contribution >= 4 is 85.6 Å². The first-order valence-corrected chi connectivity index (χ1v) is 23.8. The van der Waals surface area contributed by atoms with Crippen LogP contribution in [0.25, 0.3) is 136 Å². The van der Waals surface area contributed by atoms with Gasteiger partial charge < -0.3 is 4.57 Å². The summed E-state index contributed by atoms with van der Waals surface area (Å²) in [4.78, 5) is 15.3. The van der Waals surface area contributed by atoms with E-state index in [1.807, 2.05) is 47.7 Å². The molecule has 0 bridgehead atoms. The fourth-order valence-electron chi connectivity index (χ4n) is 10.5. The molecular formula is C63H38N4S.